The van der Waals surface area contributed by atoms with Gasteiger partial charge in [0, 0.05) is 25.8 Å². The summed E-state index contributed by atoms with van der Waals surface area (Å²) in [4.78, 5) is 27.0. The van der Waals surface area contributed by atoms with E-state index in [1.165, 1.54) is 27.9 Å². The molecule has 0 aromatic carbocycles. The fourth-order valence-corrected chi connectivity index (χ4v) is 3.82. The Hall–Kier alpha value is -1.74. The Balaban J connectivity index is 2.08. The zero-order valence-corrected chi connectivity index (χ0v) is 18.1. The highest BCUT2D eigenvalue weighted by atomic mass is 16.6. The Labute approximate surface area is 172 Å². The van der Waals surface area contributed by atoms with Gasteiger partial charge >= 0.3 is 11.9 Å². The van der Waals surface area contributed by atoms with E-state index < -0.39 is 23.3 Å². The van der Waals surface area contributed by atoms with Crippen LogP contribution in [0.4, 0.5) is 0 Å². The van der Waals surface area contributed by atoms with Crippen molar-refractivity contribution in [3.8, 4) is 0 Å². The molecule has 2 aliphatic heterocycles. The van der Waals surface area contributed by atoms with Gasteiger partial charge in [0.15, 0.2) is 0 Å². The summed E-state index contributed by atoms with van der Waals surface area (Å²) >= 11 is 0. The van der Waals surface area contributed by atoms with E-state index in [2.05, 4.69) is 4.90 Å². The quantitative estimate of drug-likeness (QED) is 0.346. The van der Waals surface area contributed by atoms with E-state index in [4.69, 9.17) is 14.2 Å². The first kappa shape index (κ1) is 23.5. The van der Waals surface area contributed by atoms with Gasteiger partial charge < -0.3 is 24.4 Å². The first-order valence-corrected chi connectivity index (χ1v) is 9.89. The van der Waals surface area contributed by atoms with Crippen molar-refractivity contribution in [3.63, 3.8) is 0 Å². The lowest BCUT2D eigenvalue weighted by atomic mass is 9.81. The number of carbonyl (C=O) groups is 2. The number of allylic oxidation sites excluding steroid dienone is 1. The molecule has 0 aliphatic carbocycles. The van der Waals surface area contributed by atoms with E-state index in [0.29, 0.717) is 18.5 Å². The number of ether oxygens (including phenoxy) is 3. The van der Waals surface area contributed by atoms with Gasteiger partial charge in [0.2, 0.25) is 5.60 Å². The van der Waals surface area contributed by atoms with Gasteiger partial charge in [0.1, 0.15) is 18.3 Å². The molecule has 0 saturated carbocycles. The zero-order chi connectivity index (χ0) is 22.0. The number of esters is 2. The predicted octanol–water partition coefficient (Wildman–Crippen LogP) is 0.959. The molecule has 0 aromatic rings. The van der Waals surface area contributed by atoms with Crippen LogP contribution in [0.15, 0.2) is 23.3 Å². The SMILES string of the molecule is C/C=C(\C)C(=O)O[C@H]1CCN2CC=C(COC(=O)[C@](O)([C@@H](C)OC)C(C)(C)O)[C@H]12. The first-order chi connectivity index (χ1) is 13.5. The van der Waals surface area contributed by atoms with Gasteiger partial charge in [-0.3, -0.25) is 4.90 Å². The van der Waals surface area contributed by atoms with E-state index in [1.54, 1.807) is 19.9 Å². The van der Waals surface area contributed by atoms with Gasteiger partial charge in [-0.15, -0.1) is 0 Å². The average molecular weight is 411 g/mol. The molecular formula is C21H33NO7. The van der Waals surface area contributed by atoms with Crippen LogP contribution in [0.5, 0.6) is 0 Å². The molecule has 2 N–H and O–H groups in total. The molecule has 29 heavy (non-hydrogen) atoms. The second kappa shape index (κ2) is 8.95. The third-order valence-corrected chi connectivity index (χ3v) is 5.98. The minimum atomic E-state index is -2.23. The maximum Gasteiger partial charge on any atom is 0.344 e. The van der Waals surface area contributed by atoms with Crippen LogP contribution in [0, 0.1) is 0 Å². The van der Waals surface area contributed by atoms with Gasteiger partial charge in [-0.05, 0) is 46.6 Å². The second-order valence-corrected chi connectivity index (χ2v) is 8.20. The van der Waals surface area contributed by atoms with Gasteiger partial charge in [-0.2, -0.15) is 0 Å². The summed E-state index contributed by atoms with van der Waals surface area (Å²) in [5.74, 6) is -1.32. The normalized spacial score (nSPS) is 25.8. The Morgan fingerprint density at radius 3 is 2.59 bits per heavy atom. The van der Waals surface area contributed by atoms with Crippen molar-refractivity contribution >= 4 is 11.9 Å². The Bertz CT molecular complexity index is 694. The van der Waals surface area contributed by atoms with Crippen molar-refractivity contribution in [1.82, 2.24) is 4.90 Å². The van der Waals surface area contributed by atoms with Crippen LogP contribution in [0.1, 0.15) is 41.0 Å². The van der Waals surface area contributed by atoms with Crippen LogP contribution in [0.3, 0.4) is 0 Å². The van der Waals surface area contributed by atoms with Crippen LogP contribution in [-0.2, 0) is 23.8 Å². The van der Waals surface area contributed by atoms with Crippen LogP contribution < -0.4 is 0 Å². The molecule has 0 spiro atoms. The number of nitrogens with zero attached hydrogens (tertiary/aromatic N) is 1. The van der Waals surface area contributed by atoms with Crippen molar-refractivity contribution in [2.24, 2.45) is 0 Å². The summed E-state index contributed by atoms with van der Waals surface area (Å²) in [6.45, 7) is 9.03. The van der Waals surface area contributed by atoms with Crippen molar-refractivity contribution in [1.29, 1.82) is 0 Å². The summed E-state index contributed by atoms with van der Waals surface area (Å²) in [6, 6.07) is -0.161. The summed E-state index contributed by atoms with van der Waals surface area (Å²) < 4.78 is 16.1. The molecule has 2 rings (SSSR count). The fourth-order valence-electron chi connectivity index (χ4n) is 3.82. The van der Waals surface area contributed by atoms with E-state index in [0.717, 1.165) is 12.1 Å². The summed E-state index contributed by atoms with van der Waals surface area (Å²) in [7, 11) is 1.34. The van der Waals surface area contributed by atoms with Gasteiger partial charge in [0.05, 0.1) is 12.1 Å². The fraction of sp³-hybridized carbons (Fsp3) is 0.714. The minimum absolute atomic E-state index is 0.0640. The molecule has 4 atom stereocenters. The summed E-state index contributed by atoms with van der Waals surface area (Å²) in [6.07, 6.45) is 3.05. The Morgan fingerprint density at radius 2 is 2.03 bits per heavy atom. The van der Waals surface area contributed by atoms with E-state index in [-0.39, 0.29) is 24.7 Å². The molecule has 164 valence electrons. The number of hydrogen-bond donors (Lipinski definition) is 2. The molecule has 0 radical (unpaired) electrons. The minimum Gasteiger partial charge on any atom is -0.459 e. The highest BCUT2D eigenvalue weighted by Gasteiger charge is 2.55. The van der Waals surface area contributed by atoms with Crippen molar-refractivity contribution in [2.75, 3.05) is 26.8 Å². The predicted molar refractivity (Wildman–Crippen MR) is 106 cm³/mol. The molecule has 0 aromatic heterocycles. The largest absolute Gasteiger partial charge is 0.459 e. The van der Waals surface area contributed by atoms with Gasteiger partial charge in [0.25, 0.3) is 0 Å². The van der Waals surface area contributed by atoms with E-state index >= 15 is 0 Å². The number of methoxy groups -OCH3 is 1. The highest BCUT2D eigenvalue weighted by Crippen LogP contribution is 2.33. The van der Waals surface area contributed by atoms with E-state index in [9.17, 15) is 19.8 Å². The lowest BCUT2D eigenvalue weighted by molar-refractivity contribution is -0.216. The number of hydrogen-bond acceptors (Lipinski definition) is 8. The highest BCUT2D eigenvalue weighted by molar-refractivity contribution is 5.87. The van der Waals surface area contributed by atoms with Crippen molar-refractivity contribution in [2.45, 2.75) is 70.5 Å². The van der Waals surface area contributed by atoms with E-state index in [1.807, 2.05) is 6.08 Å². The summed E-state index contributed by atoms with van der Waals surface area (Å²) in [5, 5.41) is 21.2. The maximum atomic E-state index is 12.7. The molecule has 8 heteroatoms. The standard InChI is InChI=1S/C21H33NO7/c1-7-13(2)18(23)29-16-9-11-22-10-8-15(17(16)22)12-28-19(24)21(26,14(3)27-6)20(4,5)25/h7-8,14,16-17,25-26H,9-12H2,1-6H3/b13-7+/t14-,16+,17-,21-/m1/s1. The third-order valence-electron chi connectivity index (χ3n) is 5.98. The Morgan fingerprint density at radius 1 is 1.38 bits per heavy atom. The van der Waals surface area contributed by atoms with Crippen LogP contribution in [0.2, 0.25) is 0 Å². The lowest BCUT2D eigenvalue weighted by Crippen LogP contribution is -2.63. The molecule has 2 heterocycles. The Kier molecular flexibility index (Phi) is 7.27. The molecule has 0 bridgehead atoms. The third kappa shape index (κ3) is 4.55. The number of carbonyl (C=O) groups excluding carboxylic acids is 2. The average Bonchev–Trinajstić information content (AvgIpc) is 3.26. The molecule has 1 fully saturated rings. The monoisotopic (exact) mass is 411 g/mol. The molecule has 0 amide bonds. The zero-order valence-electron chi connectivity index (χ0n) is 18.1. The van der Waals surface area contributed by atoms with Gasteiger partial charge in [-0.1, -0.05) is 12.2 Å². The van der Waals surface area contributed by atoms with Crippen molar-refractivity contribution in [3.05, 3.63) is 23.3 Å². The molecule has 8 nitrogen and oxygen atoms in total. The number of aliphatic hydroxyl groups is 2. The van der Waals surface area contributed by atoms with Gasteiger partial charge in [-0.25, -0.2) is 9.59 Å². The van der Waals surface area contributed by atoms with Crippen LogP contribution in [-0.4, -0.2) is 83.3 Å². The number of rotatable bonds is 8. The molecule has 2 aliphatic rings. The maximum absolute atomic E-state index is 12.7. The smallest absolute Gasteiger partial charge is 0.344 e. The topological polar surface area (TPSA) is 106 Å². The molecular weight excluding hydrogens is 378 g/mol. The molecule has 1 saturated heterocycles. The number of fused-ring (bicyclic) bond motifs is 1. The van der Waals surface area contributed by atoms with Crippen LogP contribution >= 0.6 is 0 Å². The lowest BCUT2D eigenvalue weighted by Gasteiger charge is -2.40. The van der Waals surface area contributed by atoms with Crippen LogP contribution in [0.25, 0.3) is 0 Å². The molecule has 0 unspecified atom stereocenters. The van der Waals surface area contributed by atoms with Crippen molar-refractivity contribution < 1.29 is 34.0 Å². The summed E-state index contributed by atoms with van der Waals surface area (Å²) in [5.41, 5.74) is -2.65. The second-order valence-electron chi connectivity index (χ2n) is 8.20. The first-order valence-electron chi connectivity index (χ1n) is 9.89.